The molecule has 1 heterocycles. The number of nitrogens with zero attached hydrogens (tertiary/aromatic N) is 1. The molecule has 0 unspecified atom stereocenters. The summed E-state index contributed by atoms with van der Waals surface area (Å²) in [6, 6.07) is 1.98. The monoisotopic (exact) mass is 463 g/mol. The molecule has 0 N–H and O–H groups in total. The van der Waals surface area contributed by atoms with Crippen LogP contribution in [0.2, 0.25) is 15.2 Å². The number of esters is 1. The minimum Gasteiger partial charge on any atom is -0.480 e. The zero-order valence-electron chi connectivity index (χ0n) is 13.9. The molecule has 2 aromatic rings. The molecule has 0 amide bonds. The quantitative estimate of drug-likeness (QED) is 0.387. The van der Waals surface area contributed by atoms with Gasteiger partial charge in [0.1, 0.15) is 22.4 Å². The van der Waals surface area contributed by atoms with Crippen LogP contribution in [0.3, 0.4) is 0 Å². The first-order valence-electron chi connectivity index (χ1n) is 7.37. The normalized spacial score (nSPS) is 11.6. The highest BCUT2D eigenvalue weighted by Crippen LogP contribution is 2.48. The summed E-state index contributed by atoms with van der Waals surface area (Å²) in [7, 11) is 1.20. The van der Waals surface area contributed by atoms with Crippen LogP contribution in [0.25, 0.3) is 11.1 Å². The summed E-state index contributed by atoms with van der Waals surface area (Å²) in [6.07, 6.45) is 0. The Morgan fingerprint density at radius 3 is 2.41 bits per heavy atom. The van der Waals surface area contributed by atoms with Crippen molar-refractivity contribution in [3.8, 4) is 16.9 Å². The van der Waals surface area contributed by atoms with Gasteiger partial charge >= 0.3 is 11.4 Å². The van der Waals surface area contributed by atoms with Gasteiger partial charge in [0.25, 0.3) is 0 Å². The number of halogens is 7. The van der Waals surface area contributed by atoms with Crippen molar-refractivity contribution in [2.45, 2.75) is 12.3 Å². The molecule has 11 heteroatoms. The zero-order chi connectivity index (χ0) is 20.5. The summed E-state index contributed by atoms with van der Waals surface area (Å²) in [5.41, 5.74) is -1.27. The van der Waals surface area contributed by atoms with Gasteiger partial charge < -0.3 is 14.0 Å². The molecule has 1 aromatic heterocycles. The lowest BCUT2D eigenvalue weighted by molar-refractivity contribution is -0.145. The molecule has 0 spiro atoms. The zero-order valence-corrected chi connectivity index (χ0v) is 16.9. The molecule has 4 nitrogen and oxygen atoms in total. The van der Waals surface area contributed by atoms with Crippen LogP contribution >= 0.6 is 46.4 Å². The lowest BCUT2D eigenvalue weighted by Gasteiger charge is -2.11. The average molecular weight is 465 g/mol. The van der Waals surface area contributed by atoms with Gasteiger partial charge in [-0.3, -0.25) is 0 Å². The van der Waals surface area contributed by atoms with Gasteiger partial charge in [0.2, 0.25) is 0 Å². The molecular formula is C16H12Cl4F3NO3. The Bertz CT molecular complexity index is 881. The smallest absolute Gasteiger partial charge is 0.364 e. The van der Waals surface area contributed by atoms with Crippen LogP contribution in [-0.2, 0) is 22.0 Å². The molecule has 0 fully saturated rings. The van der Waals surface area contributed by atoms with E-state index in [1.54, 1.807) is 6.92 Å². The van der Waals surface area contributed by atoms with Crippen LogP contribution in [0.5, 0.6) is 5.75 Å². The standard InChI is InChI=1S/C16H12Cl4F3NO3/c1-3-26-11(25)6-27-10-4-7(9(21)5-8(10)17)12-13(18)14(16(20,22)23)24(2)15(12)19/h4-5H,3,6H2,1-2H3. The summed E-state index contributed by atoms with van der Waals surface area (Å²) in [4.78, 5) is 11.4. The highest BCUT2D eigenvalue weighted by atomic mass is 35.5. The maximum absolute atomic E-state index is 14.5. The van der Waals surface area contributed by atoms with Crippen LogP contribution in [0.15, 0.2) is 12.1 Å². The maximum Gasteiger partial charge on any atom is 0.364 e. The first kappa shape index (κ1) is 22.0. The van der Waals surface area contributed by atoms with E-state index in [0.717, 1.165) is 16.7 Å². The first-order chi connectivity index (χ1) is 12.5. The number of rotatable bonds is 6. The SMILES string of the molecule is CCOC(=O)COc1cc(-c2c(Cl)c(C(F)(F)Cl)n(C)c2Cl)c(F)cc1Cl. The summed E-state index contributed by atoms with van der Waals surface area (Å²) in [5.74, 6) is -1.64. The average Bonchev–Trinajstić information content (AvgIpc) is 2.77. The topological polar surface area (TPSA) is 40.5 Å². The van der Waals surface area contributed by atoms with E-state index in [4.69, 9.17) is 55.9 Å². The molecule has 0 bridgehead atoms. The van der Waals surface area contributed by atoms with Crippen molar-refractivity contribution in [2.24, 2.45) is 7.05 Å². The molecule has 27 heavy (non-hydrogen) atoms. The molecule has 0 saturated heterocycles. The Balaban J connectivity index is 2.54. The van der Waals surface area contributed by atoms with E-state index in [1.165, 1.54) is 7.05 Å². The molecule has 2 rings (SSSR count). The predicted molar refractivity (Wildman–Crippen MR) is 97.7 cm³/mol. The Hall–Kier alpha value is -1.28. The van der Waals surface area contributed by atoms with Crippen LogP contribution < -0.4 is 4.74 Å². The summed E-state index contributed by atoms with van der Waals surface area (Å²) >= 11 is 23.0. The third kappa shape index (κ3) is 4.59. The van der Waals surface area contributed by atoms with Crippen molar-refractivity contribution >= 4 is 52.4 Å². The number of aromatic nitrogens is 1. The van der Waals surface area contributed by atoms with Gasteiger partial charge in [-0.05, 0) is 30.7 Å². The fourth-order valence-electron chi connectivity index (χ4n) is 2.34. The molecule has 0 aliphatic carbocycles. The largest absolute Gasteiger partial charge is 0.480 e. The fourth-order valence-corrected chi connectivity index (χ4v) is 3.58. The number of benzene rings is 1. The summed E-state index contributed by atoms with van der Waals surface area (Å²) < 4.78 is 52.5. The molecule has 0 saturated carbocycles. The van der Waals surface area contributed by atoms with E-state index < -0.39 is 34.5 Å². The molecule has 1 aromatic carbocycles. The number of ether oxygens (including phenoxy) is 2. The lowest BCUT2D eigenvalue weighted by atomic mass is 10.1. The minimum absolute atomic E-state index is 0.0868. The van der Waals surface area contributed by atoms with Gasteiger partial charge in [0.15, 0.2) is 6.61 Å². The highest BCUT2D eigenvalue weighted by Gasteiger charge is 2.38. The number of alkyl halides is 3. The van der Waals surface area contributed by atoms with Crippen molar-refractivity contribution in [2.75, 3.05) is 13.2 Å². The van der Waals surface area contributed by atoms with E-state index in [-0.39, 0.29) is 33.7 Å². The second kappa shape index (κ2) is 8.39. The molecule has 0 atom stereocenters. The van der Waals surface area contributed by atoms with E-state index in [9.17, 15) is 18.0 Å². The highest BCUT2D eigenvalue weighted by molar-refractivity contribution is 6.40. The second-order valence-electron chi connectivity index (χ2n) is 5.24. The molecular weight excluding hydrogens is 453 g/mol. The number of hydrogen-bond donors (Lipinski definition) is 0. The molecule has 0 aliphatic rings. The molecule has 148 valence electrons. The van der Waals surface area contributed by atoms with E-state index in [2.05, 4.69) is 0 Å². The van der Waals surface area contributed by atoms with Gasteiger partial charge in [-0.2, -0.15) is 8.78 Å². The van der Waals surface area contributed by atoms with Gasteiger partial charge in [0, 0.05) is 18.2 Å². The Morgan fingerprint density at radius 2 is 1.89 bits per heavy atom. The van der Waals surface area contributed by atoms with Crippen molar-refractivity contribution in [3.05, 3.63) is 38.8 Å². The number of carbonyl (C=O) groups excluding carboxylic acids is 1. The van der Waals surface area contributed by atoms with Gasteiger partial charge in [-0.15, -0.1) is 0 Å². The van der Waals surface area contributed by atoms with Crippen molar-refractivity contribution in [1.82, 2.24) is 4.57 Å². The summed E-state index contributed by atoms with van der Waals surface area (Å²) in [5, 5.41) is -4.78. The van der Waals surface area contributed by atoms with E-state index in [0.29, 0.717) is 0 Å². The lowest BCUT2D eigenvalue weighted by Crippen LogP contribution is -2.14. The van der Waals surface area contributed by atoms with Gasteiger partial charge in [-0.1, -0.05) is 34.8 Å². The molecule has 0 radical (unpaired) electrons. The van der Waals surface area contributed by atoms with E-state index in [1.807, 2.05) is 0 Å². The Kier molecular flexibility index (Phi) is 6.84. The van der Waals surface area contributed by atoms with E-state index >= 15 is 0 Å². The number of carbonyl (C=O) groups is 1. The van der Waals surface area contributed by atoms with Crippen LogP contribution in [0.1, 0.15) is 12.6 Å². The number of hydrogen-bond acceptors (Lipinski definition) is 3. The van der Waals surface area contributed by atoms with Gasteiger partial charge in [0.05, 0.1) is 16.7 Å². The third-order valence-electron chi connectivity index (χ3n) is 3.47. The van der Waals surface area contributed by atoms with Crippen molar-refractivity contribution < 1.29 is 27.4 Å². The first-order valence-corrected chi connectivity index (χ1v) is 8.88. The molecule has 0 aliphatic heterocycles. The Morgan fingerprint density at radius 1 is 1.26 bits per heavy atom. The fraction of sp³-hybridized carbons (Fsp3) is 0.312. The summed E-state index contributed by atoms with van der Waals surface area (Å²) in [6.45, 7) is 1.28. The van der Waals surface area contributed by atoms with Crippen LogP contribution in [0, 0.1) is 5.82 Å². The van der Waals surface area contributed by atoms with Gasteiger partial charge in [-0.25, -0.2) is 9.18 Å². The van der Waals surface area contributed by atoms with Crippen LogP contribution in [-0.4, -0.2) is 23.8 Å². The van der Waals surface area contributed by atoms with Crippen molar-refractivity contribution in [3.63, 3.8) is 0 Å². The minimum atomic E-state index is -3.83. The van der Waals surface area contributed by atoms with Crippen LogP contribution in [0.4, 0.5) is 13.2 Å². The predicted octanol–water partition coefficient (Wildman–Crippen LogP) is 6.02. The Labute approximate surface area is 172 Å². The van der Waals surface area contributed by atoms with Crippen molar-refractivity contribution in [1.29, 1.82) is 0 Å². The third-order valence-corrected chi connectivity index (χ3v) is 4.76. The second-order valence-corrected chi connectivity index (χ2v) is 6.86. The maximum atomic E-state index is 14.5.